The highest BCUT2D eigenvalue weighted by Crippen LogP contribution is 2.20. The van der Waals surface area contributed by atoms with Crippen molar-refractivity contribution in [3.63, 3.8) is 0 Å². The summed E-state index contributed by atoms with van der Waals surface area (Å²) in [4.78, 5) is 14.1. The van der Waals surface area contributed by atoms with Crippen molar-refractivity contribution in [2.75, 3.05) is 26.2 Å². The normalized spacial score (nSPS) is 24.0. The quantitative estimate of drug-likeness (QED) is 0.810. The summed E-state index contributed by atoms with van der Waals surface area (Å²) in [6.45, 7) is 4.98. The van der Waals surface area contributed by atoms with Gasteiger partial charge < -0.3 is 10.1 Å². The molecule has 1 aliphatic carbocycles. The van der Waals surface area contributed by atoms with Gasteiger partial charge in [0.2, 0.25) is 0 Å². The van der Waals surface area contributed by atoms with Crippen LogP contribution in [0.2, 0.25) is 0 Å². The second-order valence-electron chi connectivity index (χ2n) is 5.79. The van der Waals surface area contributed by atoms with Crippen molar-refractivity contribution in [1.82, 2.24) is 4.90 Å². The maximum absolute atomic E-state index is 11.7. The zero-order valence-electron chi connectivity index (χ0n) is 12.9. The fraction of sp³-hybridized carbons (Fsp3) is 0.647. The minimum Gasteiger partial charge on any atom is -0.466 e. The lowest BCUT2D eigenvalue weighted by Crippen LogP contribution is -2.38. The van der Waals surface area contributed by atoms with Crippen LogP contribution in [-0.2, 0) is 9.53 Å². The summed E-state index contributed by atoms with van der Waals surface area (Å²) in [5.74, 6) is 0.0184. The molecule has 1 aliphatic heterocycles. The first kappa shape index (κ1) is 16.0. The molecule has 0 spiro atoms. The number of ether oxygens (including phenoxy) is 1. The summed E-state index contributed by atoms with van der Waals surface area (Å²) in [6, 6.07) is 0. The Morgan fingerprint density at radius 1 is 1.43 bits per heavy atom. The van der Waals surface area contributed by atoms with Gasteiger partial charge in [0, 0.05) is 12.3 Å². The third-order valence-electron chi connectivity index (χ3n) is 4.22. The largest absolute Gasteiger partial charge is 0.466 e. The maximum atomic E-state index is 11.7. The van der Waals surface area contributed by atoms with Gasteiger partial charge in [-0.25, -0.2) is 0 Å². The lowest BCUT2D eigenvalue weighted by Gasteiger charge is -2.31. The van der Waals surface area contributed by atoms with E-state index in [0.29, 0.717) is 6.61 Å². The van der Waals surface area contributed by atoms with Crippen LogP contribution < -0.4 is 0 Å². The second kappa shape index (κ2) is 8.13. The van der Waals surface area contributed by atoms with Crippen LogP contribution in [0.5, 0.6) is 0 Å². The molecule has 0 amide bonds. The summed E-state index contributed by atoms with van der Waals surface area (Å²) >= 11 is 0. The number of rotatable bonds is 4. The van der Waals surface area contributed by atoms with Gasteiger partial charge in [0.15, 0.2) is 0 Å². The average molecular weight is 290 g/mol. The summed E-state index contributed by atoms with van der Waals surface area (Å²) in [6.07, 6.45) is 11.1. The molecule has 1 fully saturated rings. The fourth-order valence-corrected chi connectivity index (χ4v) is 2.91. The van der Waals surface area contributed by atoms with E-state index < -0.39 is 0 Å². The molecular formula is C17H26N2O2. The highest BCUT2D eigenvalue weighted by molar-refractivity contribution is 5.98. The smallest absolute Gasteiger partial charge is 0.309 e. The predicted octanol–water partition coefficient (Wildman–Crippen LogP) is 2.95. The number of esters is 1. The van der Waals surface area contributed by atoms with Gasteiger partial charge >= 0.3 is 5.97 Å². The van der Waals surface area contributed by atoms with Crippen molar-refractivity contribution >= 4 is 11.7 Å². The van der Waals surface area contributed by atoms with E-state index in [1.54, 1.807) is 0 Å². The van der Waals surface area contributed by atoms with Gasteiger partial charge in [-0.05, 0) is 57.7 Å². The number of carbonyl (C=O) groups is 1. The first-order valence-corrected chi connectivity index (χ1v) is 8.03. The van der Waals surface area contributed by atoms with Gasteiger partial charge in [-0.15, -0.1) is 0 Å². The van der Waals surface area contributed by atoms with E-state index in [1.165, 1.54) is 0 Å². The monoisotopic (exact) mass is 290 g/mol. The summed E-state index contributed by atoms with van der Waals surface area (Å²) in [5, 5.41) is 8.16. The van der Waals surface area contributed by atoms with Gasteiger partial charge in [-0.3, -0.25) is 9.69 Å². The lowest BCUT2D eigenvalue weighted by atomic mass is 9.95. The van der Waals surface area contributed by atoms with E-state index in [0.717, 1.165) is 63.0 Å². The summed E-state index contributed by atoms with van der Waals surface area (Å²) in [7, 11) is 0. The second-order valence-corrected chi connectivity index (χ2v) is 5.79. The average Bonchev–Trinajstić information content (AvgIpc) is 2.48. The van der Waals surface area contributed by atoms with E-state index in [-0.39, 0.29) is 11.9 Å². The van der Waals surface area contributed by atoms with Crippen LogP contribution >= 0.6 is 0 Å². The highest BCUT2D eigenvalue weighted by Gasteiger charge is 2.26. The number of carbonyl (C=O) groups excluding carboxylic acids is 1. The van der Waals surface area contributed by atoms with Gasteiger partial charge in [0.25, 0.3) is 0 Å². The Labute approximate surface area is 127 Å². The third kappa shape index (κ3) is 4.81. The molecule has 0 unspecified atom stereocenters. The number of nitrogens with one attached hydrogen (secondary N) is 1. The molecule has 1 N–H and O–H groups in total. The first-order valence-electron chi connectivity index (χ1n) is 8.03. The number of piperidine rings is 1. The molecule has 0 atom stereocenters. The molecule has 4 nitrogen and oxygen atoms in total. The Morgan fingerprint density at radius 3 is 2.90 bits per heavy atom. The van der Waals surface area contributed by atoms with Gasteiger partial charge in [-0.1, -0.05) is 18.2 Å². The summed E-state index contributed by atoms with van der Waals surface area (Å²) in [5.41, 5.74) is 1.90. The number of nitrogens with zero attached hydrogens (tertiary/aromatic N) is 1. The van der Waals surface area contributed by atoms with Crippen molar-refractivity contribution in [3.8, 4) is 0 Å². The molecule has 2 aliphatic rings. The molecule has 0 bridgehead atoms. The van der Waals surface area contributed by atoms with Crippen LogP contribution in [0, 0.1) is 11.3 Å². The van der Waals surface area contributed by atoms with Crippen molar-refractivity contribution in [3.05, 3.63) is 23.8 Å². The molecule has 4 heteroatoms. The molecule has 0 saturated carbocycles. The Bertz CT molecular complexity index is 432. The molecular weight excluding hydrogens is 264 g/mol. The zero-order chi connectivity index (χ0) is 15.1. The molecule has 116 valence electrons. The van der Waals surface area contributed by atoms with Crippen LogP contribution in [0.4, 0.5) is 0 Å². The Balaban J connectivity index is 1.85. The van der Waals surface area contributed by atoms with Crippen LogP contribution in [0.25, 0.3) is 0 Å². The fourth-order valence-electron chi connectivity index (χ4n) is 2.91. The van der Waals surface area contributed by atoms with E-state index in [2.05, 4.69) is 23.1 Å². The lowest BCUT2D eigenvalue weighted by molar-refractivity contribution is -0.149. The third-order valence-corrected chi connectivity index (χ3v) is 4.22. The molecule has 0 radical (unpaired) electrons. The molecule has 0 aromatic heterocycles. The van der Waals surface area contributed by atoms with E-state index in [4.69, 9.17) is 10.1 Å². The van der Waals surface area contributed by atoms with E-state index in [1.807, 2.05) is 6.92 Å². The van der Waals surface area contributed by atoms with Crippen molar-refractivity contribution < 1.29 is 9.53 Å². The Morgan fingerprint density at radius 2 is 2.19 bits per heavy atom. The SMILES string of the molecule is CCOC(=O)C1CCN(C/C2=C/C=CCCCC2=N)CC1. The van der Waals surface area contributed by atoms with Crippen molar-refractivity contribution in [2.24, 2.45) is 5.92 Å². The van der Waals surface area contributed by atoms with Gasteiger partial charge in [0.1, 0.15) is 0 Å². The Kier molecular flexibility index (Phi) is 6.18. The van der Waals surface area contributed by atoms with E-state index >= 15 is 0 Å². The molecule has 1 heterocycles. The van der Waals surface area contributed by atoms with Crippen molar-refractivity contribution in [1.29, 1.82) is 5.41 Å². The van der Waals surface area contributed by atoms with Crippen LogP contribution in [-0.4, -0.2) is 42.8 Å². The minimum absolute atomic E-state index is 0.0435. The molecule has 0 aromatic rings. The summed E-state index contributed by atoms with van der Waals surface area (Å²) < 4.78 is 5.10. The Hall–Kier alpha value is -1.42. The molecule has 21 heavy (non-hydrogen) atoms. The van der Waals surface area contributed by atoms with E-state index in [9.17, 15) is 4.79 Å². The standard InChI is InChI=1S/C17H26N2O2/c1-2-21-17(20)14-9-11-19(12-10-14)13-15-7-5-3-4-6-8-16(15)18/h3,5,7,14,18H,2,4,6,8-13H2,1H3/b5-3?,15-7-,18-16?. The van der Waals surface area contributed by atoms with Crippen molar-refractivity contribution in [2.45, 2.75) is 39.0 Å². The number of allylic oxidation sites excluding steroid dienone is 3. The van der Waals surface area contributed by atoms with Crippen LogP contribution in [0.15, 0.2) is 23.8 Å². The number of hydrogen-bond acceptors (Lipinski definition) is 4. The number of likely N-dealkylation sites (tertiary alicyclic amines) is 1. The van der Waals surface area contributed by atoms with Gasteiger partial charge in [0.05, 0.1) is 12.5 Å². The topological polar surface area (TPSA) is 53.4 Å². The minimum atomic E-state index is -0.0435. The molecule has 1 saturated heterocycles. The molecule has 0 aromatic carbocycles. The van der Waals surface area contributed by atoms with Crippen LogP contribution in [0.3, 0.4) is 0 Å². The number of hydrogen-bond donors (Lipinski definition) is 1. The zero-order valence-corrected chi connectivity index (χ0v) is 12.9. The maximum Gasteiger partial charge on any atom is 0.309 e. The first-order chi connectivity index (χ1) is 10.2. The highest BCUT2D eigenvalue weighted by atomic mass is 16.5. The van der Waals surface area contributed by atoms with Crippen LogP contribution in [0.1, 0.15) is 39.0 Å². The van der Waals surface area contributed by atoms with Gasteiger partial charge in [-0.2, -0.15) is 0 Å². The predicted molar refractivity (Wildman–Crippen MR) is 84.6 cm³/mol. The molecule has 2 rings (SSSR count).